The molecule has 9 heteroatoms. The Hall–Kier alpha value is -1.61. The molecule has 0 aromatic heterocycles. The Kier molecular flexibility index (Phi) is 5.00. The number of halogens is 4. The third-order valence-electron chi connectivity index (χ3n) is 3.91. The van der Waals surface area contributed by atoms with Crippen LogP contribution in [0.15, 0.2) is 28.7 Å². The summed E-state index contributed by atoms with van der Waals surface area (Å²) in [5, 5.41) is 9.04. The van der Waals surface area contributed by atoms with Gasteiger partial charge in [0.25, 0.3) is 0 Å². The van der Waals surface area contributed by atoms with E-state index in [4.69, 9.17) is 10.8 Å². The van der Waals surface area contributed by atoms with E-state index in [1.807, 2.05) is 0 Å². The van der Waals surface area contributed by atoms with Crippen LogP contribution in [-0.4, -0.2) is 41.1 Å². The van der Waals surface area contributed by atoms with Crippen LogP contribution >= 0.6 is 15.9 Å². The Morgan fingerprint density at radius 1 is 1.26 bits per heavy atom. The zero-order valence-corrected chi connectivity index (χ0v) is 13.3. The summed E-state index contributed by atoms with van der Waals surface area (Å²) in [6.07, 6.45) is -4.65. The van der Waals surface area contributed by atoms with Gasteiger partial charge in [-0.05, 0) is 17.7 Å². The van der Waals surface area contributed by atoms with Crippen molar-refractivity contribution in [3.63, 3.8) is 0 Å². The molecule has 2 rings (SSSR count). The van der Waals surface area contributed by atoms with Crippen molar-refractivity contribution in [1.29, 1.82) is 0 Å². The molecule has 1 saturated heterocycles. The van der Waals surface area contributed by atoms with Gasteiger partial charge in [-0.1, -0.05) is 28.1 Å². The second-order valence-corrected chi connectivity index (χ2v) is 6.32. The Balaban J connectivity index is 2.32. The average Bonchev–Trinajstić information content (AvgIpc) is 2.86. The minimum atomic E-state index is -4.65. The smallest absolute Gasteiger partial charge is 0.393 e. The van der Waals surface area contributed by atoms with Crippen molar-refractivity contribution >= 4 is 27.8 Å². The molecule has 1 heterocycles. The fourth-order valence-corrected chi connectivity index (χ4v) is 3.09. The van der Waals surface area contributed by atoms with Gasteiger partial charge in [0.1, 0.15) is 6.04 Å². The molecule has 1 aliphatic rings. The number of hydrogen-bond donors (Lipinski definition) is 2. The van der Waals surface area contributed by atoms with Gasteiger partial charge in [-0.2, -0.15) is 13.2 Å². The summed E-state index contributed by atoms with van der Waals surface area (Å²) in [7, 11) is 0. The number of carboxylic acids is 1. The highest BCUT2D eigenvalue weighted by Gasteiger charge is 2.54. The molecule has 0 saturated carbocycles. The number of hydrogen-bond acceptors (Lipinski definition) is 3. The second-order valence-electron chi connectivity index (χ2n) is 5.40. The van der Waals surface area contributed by atoms with Gasteiger partial charge >= 0.3 is 12.1 Å². The zero-order valence-electron chi connectivity index (χ0n) is 11.8. The molecule has 1 amide bonds. The fraction of sp³-hybridized carbons (Fsp3) is 0.429. The molecule has 1 fully saturated rings. The SMILES string of the molecule is NC(=O)C(c1ccc(Br)cc1)N1C[C@@H](C(F)(F)F)[C@H](C(=O)O)C1. The Morgan fingerprint density at radius 3 is 2.22 bits per heavy atom. The topological polar surface area (TPSA) is 83.6 Å². The van der Waals surface area contributed by atoms with Gasteiger partial charge < -0.3 is 10.8 Å². The summed E-state index contributed by atoms with van der Waals surface area (Å²) in [5.41, 5.74) is 5.77. The van der Waals surface area contributed by atoms with Gasteiger partial charge in [-0.3, -0.25) is 14.5 Å². The van der Waals surface area contributed by atoms with E-state index in [1.54, 1.807) is 24.3 Å². The largest absolute Gasteiger partial charge is 0.481 e. The maximum absolute atomic E-state index is 13.1. The monoisotopic (exact) mass is 394 g/mol. The summed E-state index contributed by atoms with van der Waals surface area (Å²) < 4.78 is 39.9. The molecule has 0 bridgehead atoms. The predicted octanol–water partition coefficient (Wildman–Crippen LogP) is 2.17. The van der Waals surface area contributed by atoms with E-state index in [0.717, 1.165) is 4.47 Å². The van der Waals surface area contributed by atoms with E-state index in [2.05, 4.69) is 15.9 Å². The molecule has 126 valence electrons. The average molecular weight is 395 g/mol. The Morgan fingerprint density at radius 2 is 1.83 bits per heavy atom. The third kappa shape index (κ3) is 3.84. The molecule has 1 aliphatic heterocycles. The lowest BCUT2D eigenvalue weighted by Gasteiger charge is -2.25. The van der Waals surface area contributed by atoms with Gasteiger partial charge in [0.2, 0.25) is 5.91 Å². The van der Waals surface area contributed by atoms with E-state index in [0.29, 0.717) is 5.56 Å². The molecular weight excluding hydrogens is 381 g/mol. The number of amides is 1. The van der Waals surface area contributed by atoms with Gasteiger partial charge in [-0.25, -0.2) is 0 Å². The summed E-state index contributed by atoms with van der Waals surface area (Å²) >= 11 is 3.22. The molecule has 5 nitrogen and oxygen atoms in total. The van der Waals surface area contributed by atoms with Gasteiger partial charge in [0, 0.05) is 17.6 Å². The third-order valence-corrected chi connectivity index (χ3v) is 4.43. The lowest BCUT2D eigenvalue weighted by atomic mass is 9.96. The van der Waals surface area contributed by atoms with E-state index >= 15 is 0 Å². The van der Waals surface area contributed by atoms with Crippen molar-refractivity contribution in [3.8, 4) is 0 Å². The van der Waals surface area contributed by atoms with E-state index < -0.39 is 42.5 Å². The number of carboxylic acid groups (broad SMARTS) is 1. The highest BCUT2D eigenvalue weighted by atomic mass is 79.9. The number of carbonyl (C=O) groups excluding carboxylic acids is 1. The number of alkyl halides is 3. The summed E-state index contributed by atoms with van der Waals surface area (Å²) in [6.45, 7) is -0.965. The van der Waals surface area contributed by atoms with Crippen LogP contribution in [0, 0.1) is 11.8 Å². The number of benzene rings is 1. The molecule has 3 N–H and O–H groups in total. The summed E-state index contributed by atoms with van der Waals surface area (Å²) in [4.78, 5) is 24.1. The van der Waals surface area contributed by atoms with Crippen LogP contribution in [0.25, 0.3) is 0 Å². The van der Waals surface area contributed by atoms with Crippen LogP contribution in [0.3, 0.4) is 0 Å². The van der Waals surface area contributed by atoms with E-state index in [9.17, 15) is 22.8 Å². The number of aliphatic carboxylic acids is 1. The van der Waals surface area contributed by atoms with Crippen LogP contribution in [0.1, 0.15) is 11.6 Å². The number of nitrogens with two attached hydrogens (primary N) is 1. The molecule has 0 aliphatic carbocycles. The molecule has 0 radical (unpaired) electrons. The fourth-order valence-electron chi connectivity index (χ4n) is 2.83. The predicted molar refractivity (Wildman–Crippen MR) is 78.3 cm³/mol. The van der Waals surface area contributed by atoms with Crippen molar-refractivity contribution in [2.24, 2.45) is 17.6 Å². The zero-order chi connectivity index (χ0) is 17.4. The first kappa shape index (κ1) is 17.7. The minimum absolute atomic E-state index is 0.386. The first-order valence-electron chi connectivity index (χ1n) is 6.69. The van der Waals surface area contributed by atoms with E-state index in [-0.39, 0.29) is 6.54 Å². The van der Waals surface area contributed by atoms with Crippen molar-refractivity contribution in [2.45, 2.75) is 12.2 Å². The quantitative estimate of drug-likeness (QED) is 0.819. The van der Waals surface area contributed by atoms with Crippen LogP contribution in [-0.2, 0) is 9.59 Å². The number of nitrogens with zero attached hydrogens (tertiary/aromatic N) is 1. The second kappa shape index (κ2) is 6.48. The van der Waals surface area contributed by atoms with Crippen LogP contribution < -0.4 is 5.73 Å². The number of carbonyl (C=O) groups is 2. The molecule has 3 atom stereocenters. The van der Waals surface area contributed by atoms with Gasteiger partial charge in [0.05, 0.1) is 11.8 Å². The lowest BCUT2D eigenvalue weighted by Crippen LogP contribution is -2.37. The van der Waals surface area contributed by atoms with Gasteiger partial charge in [0.15, 0.2) is 0 Å². The van der Waals surface area contributed by atoms with Crippen molar-refractivity contribution < 1.29 is 27.9 Å². The molecular formula is C14H14BrF3N2O3. The normalized spacial score (nSPS) is 23.7. The highest BCUT2D eigenvalue weighted by Crippen LogP contribution is 2.40. The lowest BCUT2D eigenvalue weighted by molar-refractivity contribution is -0.188. The Labute approximate surface area is 138 Å². The number of rotatable bonds is 4. The molecule has 1 aromatic carbocycles. The van der Waals surface area contributed by atoms with Crippen molar-refractivity contribution in [1.82, 2.24) is 4.90 Å². The maximum atomic E-state index is 13.1. The summed E-state index contributed by atoms with van der Waals surface area (Å²) in [5.74, 6) is -6.00. The summed E-state index contributed by atoms with van der Waals surface area (Å²) in [6, 6.07) is 5.30. The molecule has 1 aromatic rings. The van der Waals surface area contributed by atoms with Crippen molar-refractivity contribution in [2.75, 3.05) is 13.1 Å². The van der Waals surface area contributed by atoms with Crippen LogP contribution in [0.5, 0.6) is 0 Å². The highest BCUT2D eigenvalue weighted by molar-refractivity contribution is 9.10. The first-order chi connectivity index (χ1) is 10.6. The van der Waals surface area contributed by atoms with E-state index in [1.165, 1.54) is 4.90 Å². The van der Waals surface area contributed by atoms with Crippen molar-refractivity contribution in [3.05, 3.63) is 34.3 Å². The molecule has 1 unspecified atom stereocenters. The first-order valence-corrected chi connectivity index (χ1v) is 7.49. The minimum Gasteiger partial charge on any atom is -0.481 e. The number of primary amides is 1. The molecule has 0 spiro atoms. The van der Waals surface area contributed by atoms with Gasteiger partial charge in [-0.15, -0.1) is 0 Å². The van der Waals surface area contributed by atoms with Crippen LogP contribution in [0.2, 0.25) is 0 Å². The molecule has 23 heavy (non-hydrogen) atoms. The maximum Gasteiger partial charge on any atom is 0.393 e. The van der Waals surface area contributed by atoms with Crippen LogP contribution in [0.4, 0.5) is 13.2 Å². The number of likely N-dealkylation sites (tertiary alicyclic amines) is 1. The standard InChI is InChI=1S/C14H14BrF3N2O3/c15-8-3-1-7(2-4-8)11(12(19)21)20-5-9(13(22)23)10(6-20)14(16,17)18/h1-4,9-11H,5-6H2,(H2,19,21)(H,22,23)/t9-,10-,11?/m1/s1. The Bertz CT molecular complexity index is 606.